The Hall–Kier alpha value is -2.61. The molecule has 1 aromatic carbocycles. The fraction of sp³-hybridized carbons (Fsp3) is 0.267. The molecule has 0 fully saturated rings. The summed E-state index contributed by atoms with van der Waals surface area (Å²) in [6, 6.07) is 6.05. The number of nitrogens with zero attached hydrogens (tertiary/aromatic N) is 3. The Balaban J connectivity index is 1.97. The summed E-state index contributed by atoms with van der Waals surface area (Å²) < 4.78 is 0. The number of nitro groups is 1. The predicted octanol–water partition coefficient (Wildman–Crippen LogP) is 3.30. The molecule has 0 saturated heterocycles. The lowest BCUT2D eigenvalue weighted by molar-refractivity contribution is -0.384. The summed E-state index contributed by atoms with van der Waals surface area (Å²) in [4.78, 5) is 22.1. The van der Waals surface area contributed by atoms with Crippen molar-refractivity contribution in [2.24, 2.45) is 5.92 Å². The molecule has 0 saturated carbocycles. The van der Waals surface area contributed by atoms with Gasteiger partial charge in [0.05, 0.1) is 4.92 Å². The monoisotopic (exact) mass is 332 g/mol. The van der Waals surface area contributed by atoms with E-state index in [0.717, 1.165) is 11.4 Å². The molecule has 0 unspecified atom stereocenters. The van der Waals surface area contributed by atoms with Crippen molar-refractivity contribution in [1.82, 2.24) is 10.2 Å². The largest absolute Gasteiger partial charge is 0.297 e. The Bertz CT molecular complexity index is 740. The average Bonchev–Trinajstić information content (AvgIpc) is 2.91. The van der Waals surface area contributed by atoms with Crippen LogP contribution in [0.25, 0.3) is 6.08 Å². The fourth-order valence-electron chi connectivity index (χ4n) is 1.80. The maximum absolute atomic E-state index is 11.8. The molecule has 0 radical (unpaired) electrons. The van der Waals surface area contributed by atoms with Crippen LogP contribution in [0, 0.1) is 16.0 Å². The van der Waals surface area contributed by atoms with Gasteiger partial charge in [-0.05, 0) is 17.6 Å². The molecule has 1 aromatic heterocycles. The number of rotatable bonds is 6. The number of nitrogens with one attached hydrogen (secondary N) is 1. The van der Waals surface area contributed by atoms with E-state index in [1.165, 1.54) is 35.6 Å². The molecule has 2 rings (SSSR count). The molecule has 1 N–H and O–H groups in total. The van der Waals surface area contributed by atoms with E-state index in [4.69, 9.17) is 0 Å². The van der Waals surface area contributed by atoms with E-state index in [-0.39, 0.29) is 11.6 Å². The second kappa shape index (κ2) is 7.59. The fourth-order valence-corrected chi connectivity index (χ4v) is 2.75. The maximum Gasteiger partial charge on any atom is 0.270 e. The summed E-state index contributed by atoms with van der Waals surface area (Å²) in [5.41, 5.74) is 0.558. The van der Waals surface area contributed by atoms with Crippen LogP contribution in [-0.2, 0) is 11.2 Å². The summed E-state index contributed by atoms with van der Waals surface area (Å²) in [5.74, 6) is 0.115. The number of benzene rings is 1. The van der Waals surface area contributed by atoms with Crippen molar-refractivity contribution in [3.63, 3.8) is 0 Å². The molecule has 8 heteroatoms. The number of carbonyl (C=O) groups excluding carboxylic acids is 1. The van der Waals surface area contributed by atoms with E-state index in [2.05, 4.69) is 29.4 Å². The van der Waals surface area contributed by atoms with Crippen molar-refractivity contribution < 1.29 is 9.72 Å². The normalized spacial score (nSPS) is 11.1. The minimum Gasteiger partial charge on any atom is -0.297 e. The van der Waals surface area contributed by atoms with Crippen LogP contribution in [0.5, 0.6) is 0 Å². The zero-order valence-electron chi connectivity index (χ0n) is 12.7. The molecule has 0 spiro atoms. The third-order valence-corrected chi connectivity index (χ3v) is 3.65. The van der Waals surface area contributed by atoms with E-state index in [9.17, 15) is 14.9 Å². The van der Waals surface area contributed by atoms with E-state index in [1.54, 1.807) is 12.1 Å². The van der Waals surface area contributed by atoms with Crippen LogP contribution >= 0.6 is 11.3 Å². The molecule has 0 atom stereocenters. The second-order valence-electron chi connectivity index (χ2n) is 5.27. The maximum atomic E-state index is 11.8. The Labute approximate surface area is 137 Å². The Morgan fingerprint density at radius 2 is 2.22 bits per heavy atom. The van der Waals surface area contributed by atoms with Crippen LogP contribution in [0.2, 0.25) is 0 Å². The zero-order valence-corrected chi connectivity index (χ0v) is 13.5. The Morgan fingerprint density at radius 3 is 2.91 bits per heavy atom. The molecule has 0 aliphatic heterocycles. The molecule has 120 valence electrons. The van der Waals surface area contributed by atoms with Crippen LogP contribution < -0.4 is 5.32 Å². The highest BCUT2D eigenvalue weighted by Crippen LogP contribution is 2.18. The van der Waals surface area contributed by atoms with Gasteiger partial charge in [0.1, 0.15) is 5.01 Å². The van der Waals surface area contributed by atoms with Gasteiger partial charge >= 0.3 is 0 Å². The summed E-state index contributed by atoms with van der Waals surface area (Å²) in [6.45, 7) is 4.17. The van der Waals surface area contributed by atoms with Gasteiger partial charge in [-0.3, -0.25) is 20.2 Å². The molecule has 2 aromatic rings. The quantitative estimate of drug-likeness (QED) is 0.497. The number of nitro benzene ring substituents is 1. The van der Waals surface area contributed by atoms with Crippen molar-refractivity contribution in [3.05, 3.63) is 51.0 Å². The van der Waals surface area contributed by atoms with Crippen LogP contribution in [0.15, 0.2) is 30.3 Å². The molecule has 0 bridgehead atoms. The smallest absolute Gasteiger partial charge is 0.270 e. The molecule has 1 heterocycles. The van der Waals surface area contributed by atoms with Gasteiger partial charge in [0.15, 0.2) is 0 Å². The summed E-state index contributed by atoms with van der Waals surface area (Å²) in [5, 5.41) is 22.6. The average molecular weight is 332 g/mol. The second-order valence-corrected chi connectivity index (χ2v) is 6.34. The SMILES string of the molecule is CC(C)Cc1nnc(NC(=O)/C=C/c2cccc([N+](=O)[O-])c2)s1. The number of carbonyl (C=O) groups is 1. The van der Waals surface area contributed by atoms with Crippen LogP contribution in [0.4, 0.5) is 10.8 Å². The Kier molecular flexibility index (Phi) is 5.53. The number of aromatic nitrogens is 2. The first-order valence-electron chi connectivity index (χ1n) is 7.00. The summed E-state index contributed by atoms with van der Waals surface area (Å²) in [6.07, 6.45) is 3.64. The highest BCUT2D eigenvalue weighted by molar-refractivity contribution is 7.15. The zero-order chi connectivity index (χ0) is 16.8. The predicted molar refractivity (Wildman–Crippen MR) is 89.2 cm³/mol. The molecule has 7 nitrogen and oxygen atoms in total. The molecular weight excluding hydrogens is 316 g/mol. The van der Waals surface area contributed by atoms with Crippen LogP contribution in [0.1, 0.15) is 24.4 Å². The van der Waals surface area contributed by atoms with Crippen LogP contribution in [-0.4, -0.2) is 21.0 Å². The van der Waals surface area contributed by atoms with Crippen molar-refractivity contribution in [3.8, 4) is 0 Å². The van der Waals surface area contributed by atoms with Crippen LogP contribution in [0.3, 0.4) is 0 Å². The summed E-state index contributed by atoms with van der Waals surface area (Å²) in [7, 11) is 0. The highest BCUT2D eigenvalue weighted by Gasteiger charge is 2.08. The van der Waals surface area contributed by atoms with Crippen molar-refractivity contribution in [1.29, 1.82) is 0 Å². The van der Waals surface area contributed by atoms with Gasteiger partial charge in [-0.2, -0.15) is 0 Å². The third kappa shape index (κ3) is 5.26. The summed E-state index contributed by atoms with van der Waals surface area (Å²) >= 11 is 1.34. The number of anilines is 1. The van der Waals surface area contributed by atoms with Crippen molar-refractivity contribution in [2.75, 3.05) is 5.32 Å². The molecule has 0 aliphatic rings. The van der Waals surface area contributed by atoms with Gasteiger partial charge in [0, 0.05) is 24.6 Å². The van der Waals surface area contributed by atoms with E-state index in [1.807, 2.05) is 0 Å². The van der Waals surface area contributed by atoms with Gasteiger partial charge in [-0.15, -0.1) is 10.2 Å². The van der Waals surface area contributed by atoms with E-state index < -0.39 is 4.92 Å². The van der Waals surface area contributed by atoms with E-state index in [0.29, 0.717) is 16.6 Å². The van der Waals surface area contributed by atoms with E-state index >= 15 is 0 Å². The van der Waals surface area contributed by atoms with Gasteiger partial charge in [0.25, 0.3) is 5.69 Å². The van der Waals surface area contributed by atoms with Gasteiger partial charge < -0.3 is 0 Å². The number of hydrogen-bond donors (Lipinski definition) is 1. The van der Waals surface area contributed by atoms with Crippen molar-refractivity contribution in [2.45, 2.75) is 20.3 Å². The van der Waals surface area contributed by atoms with Gasteiger partial charge in [-0.1, -0.05) is 37.3 Å². The van der Waals surface area contributed by atoms with Gasteiger partial charge in [0.2, 0.25) is 11.0 Å². The lowest BCUT2D eigenvalue weighted by Gasteiger charge is -1.97. The molecule has 23 heavy (non-hydrogen) atoms. The first-order valence-corrected chi connectivity index (χ1v) is 7.81. The molecule has 1 amide bonds. The third-order valence-electron chi connectivity index (χ3n) is 2.79. The molecular formula is C15H16N4O3S. The van der Waals surface area contributed by atoms with Crippen molar-refractivity contribution >= 4 is 34.1 Å². The topological polar surface area (TPSA) is 98.0 Å². The standard InChI is InChI=1S/C15H16N4O3S/c1-10(2)8-14-17-18-15(23-14)16-13(20)7-6-11-4-3-5-12(9-11)19(21)22/h3-7,9-10H,8H2,1-2H3,(H,16,18,20)/b7-6+. The first-order chi connectivity index (χ1) is 10.9. The molecule has 0 aliphatic carbocycles. The number of hydrogen-bond acceptors (Lipinski definition) is 6. The Morgan fingerprint density at radius 1 is 1.43 bits per heavy atom. The number of non-ortho nitro benzene ring substituents is 1. The van der Waals surface area contributed by atoms with Gasteiger partial charge in [-0.25, -0.2) is 0 Å². The highest BCUT2D eigenvalue weighted by atomic mass is 32.1. The minimum absolute atomic E-state index is 0.0185. The first kappa shape index (κ1) is 16.8. The lowest BCUT2D eigenvalue weighted by atomic mass is 10.1. The lowest BCUT2D eigenvalue weighted by Crippen LogP contribution is -2.07. The minimum atomic E-state index is -0.477. The number of amides is 1.